The number of aromatic amines is 1. The molecule has 5 heteroatoms. The van der Waals surface area contributed by atoms with Gasteiger partial charge in [-0.05, 0) is 6.07 Å². The maximum Gasteiger partial charge on any atom is 0.163 e. The predicted molar refractivity (Wildman–Crippen MR) is 67.1 cm³/mol. The lowest BCUT2D eigenvalue weighted by Gasteiger charge is -2.01. The summed E-state index contributed by atoms with van der Waals surface area (Å²) in [6.45, 7) is 0. The molecule has 0 aliphatic heterocycles. The minimum atomic E-state index is 0.597. The summed E-state index contributed by atoms with van der Waals surface area (Å²) in [5.41, 5.74) is 4.55. The van der Waals surface area contributed by atoms with Crippen LogP contribution < -0.4 is 11.3 Å². The topological polar surface area (TPSA) is 79.6 Å². The fraction of sp³-hybridized carbons (Fsp3) is 0. The van der Waals surface area contributed by atoms with E-state index in [1.165, 1.54) is 0 Å². The molecular formula is C12H11N5. The van der Waals surface area contributed by atoms with Gasteiger partial charge in [0.15, 0.2) is 5.82 Å². The summed E-state index contributed by atoms with van der Waals surface area (Å²) in [4.78, 5) is 11.8. The van der Waals surface area contributed by atoms with Crippen molar-refractivity contribution in [2.45, 2.75) is 0 Å². The summed E-state index contributed by atoms with van der Waals surface area (Å²) < 4.78 is 0. The molecule has 0 fully saturated rings. The number of H-pyrrole nitrogens is 1. The Kier molecular flexibility index (Phi) is 2.23. The van der Waals surface area contributed by atoms with E-state index in [4.69, 9.17) is 5.84 Å². The molecule has 17 heavy (non-hydrogen) atoms. The number of hydrazine groups is 1. The molecule has 0 spiro atoms. The van der Waals surface area contributed by atoms with Crippen LogP contribution in [0.25, 0.3) is 22.3 Å². The second kappa shape index (κ2) is 3.88. The van der Waals surface area contributed by atoms with Crippen LogP contribution in [0.2, 0.25) is 0 Å². The van der Waals surface area contributed by atoms with Gasteiger partial charge in [-0.3, -0.25) is 0 Å². The lowest BCUT2D eigenvalue weighted by atomic mass is 10.1. The first-order chi connectivity index (χ1) is 8.38. The third-order valence-corrected chi connectivity index (χ3v) is 2.63. The summed E-state index contributed by atoms with van der Waals surface area (Å²) >= 11 is 0. The predicted octanol–water partition coefficient (Wildman–Crippen LogP) is 1.91. The number of aromatic nitrogens is 3. The van der Waals surface area contributed by atoms with Gasteiger partial charge in [0.1, 0.15) is 5.82 Å². The number of para-hydroxylation sites is 1. The van der Waals surface area contributed by atoms with Crippen LogP contribution in [0.1, 0.15) is 0 Å². The van der Waals surface area contributed by atoms with Crippen molar-refractivity contribution < 1.29 is 0 Å². The van der Waals surface area contributed by atoms with Crippen LogP contribution in [0.15, 0.2) is 42.7 Å². The molecule has 0 aliphatic carbocycles. The summed E-state index contributed by atoms with van der Waals surface area (Å²) in [6.07, 6.45) is 3.58. The highest BCUT2D eigenvalue weighted by molar-refractivity contribution is 5.93. The zero-order chi connectivity index (χ0) is 11.7. The molecule has 0 unspecified atom stereocenters. The van der Waals surface area contributed by atoms with Crippen molar-refractivity contribution in [3.05, 3.63) is 42.7 Å². The lowest BCUT2D eigenvalue weighted by molar-refractivity contribution is 1.15. The molecule has 5 nitrogen and oxygen atoms in total. The van der Waals surface area contributed by atoms with Crippen LogP contribution >= 0.6 is 0 Å². The van der Waals surface area contributed by atoms with Crippen LogP contribution in [-0.2, 0) is 0 Å². The number of hydrogen-bond donors (Lipinski definition) is 3. The van der Waals surface area contributed by atoms with Crippen molar-refractivity contribution in [3.8, 4) is 11.4 Å². The van der Waals surface area contributed by atoms with Gasteiger partial charge in [0.05, 0.1) is 0 Å². The molecule has 0 amide bonds. The Bertz CT molecular complexity index is 659. The van der Waals surface area contributed by atoms with E-state index in [2.05, 4.69) is 20.4 Å². The fourth-order valence-electron chi connectivity index (χ4n) is 1.83. The average Bonchev–Trinajstić information content (AvgIpc) is 2.82. The van der Waals surface area contributed by atoms with Crippen molar-refractivity contribution in [2.75, 3.05) is 5.43 Å². The van der Waals surface area contributed by atoms with Crippen molar-refractivity contribution in [1.82, 2.24) is 15.0 Å². The molecular weight excluding hydrogens is 214 g/mol. The maximum atomic E-state index is 5.34. The number of nitrogen functional groups attached to an aromatic ring is 1. The van der Waals surface area contributed by atoms with Gasteiger partial charge >= 0.3 is 0 Å². The first-order valence-electron chi connectivity index (χ1n) is 5.24. The van der Waals surface area contributed by atoms with Crippen molar-refractivity contribution >= 4 is 16.7 Å². The molecule has 0 bridgehead atoms. The standard InChI is InChI=1S/C12H11N5/c13-17-11-5-6-14-12(16-11)9-7-15-10-4-2-1-3-8(9)10/h1-7,15H,13H2,(H,14,16,17). The second-order valence-corrected chi connectivity index (χ2v) is 3.66. The normalized spacial score (nSPS) is 10.6. The number of fused-ring (bicyclic) bond motifs is 1. The Morgan fingerprint density at radius 2 is 2.06 bits per heavy atom. The Hall–Kier alpha value is -2.40. The third-order valence-electron chi connectivity index (χ3n) is 2.63. The quantitative estimate of drug-likeness (QED) is 0.459. The van der Waals surface area contributed by atoms with Crippen molar-refractivity contribution in [2.24, 2.45) is 5.84 Å². The van der Waals surface area contributed by atoms with E-state index in [9.17, 15) is 0 Å². The molecule has 2 heterocycles. The Morgan fingerprint density at radius 3 is 2.94 bits per heavy atom. The molecule has 0 aliphatic rings. The SMILES string of the molecule is NNc1ccnc(-c2c[nH]c3ccccc23)n1. The number of anilines is 1. The second-order valence-electron chi connectivity index (χ2n) is 3.66. The van der Waals surface area contributed by atoms with Gasteiger partial charge in [-0.2, -0.15) is 0 Å². The molecule has 1 aromatic carbocycles. The summed E-state index contributed by atoms with van der Waals surface area (Å²) in [7, 11) is 0. The highest BCUT2D eigenvalue weighted by Gasteiger charge is 2.08. The van der Waals surface area contributed by atoms with Gasteiger partial charge in [-0.1, -0.05) is 18.2 Å². The molecule has 0 saturated heterocycles. The van der Waals surface area contributed by atoms with Gasteiger partial charge in [-0.25, -0.2) is 15.8 Å². The summed E-state index contributed by atoms with van der Waals surface area (Å²) in [6, 6.07) is 9.75. The van der Waals surface area contributed by atoms with Gasteiger partial charge in [0, 0.05) is 34.9 Å². The molecule has 4 N–H and O–H groups in total. The number of nitrogens with two attached hydrogens (primary N) is 1. The van der Waals surface area contributed by atoms with Crippen LogP contribution in [0.4, 0.5) is 5.82 Å². The van der Waals surface area contributed by atoms with Crippen LogP contribution in [0, 0.1) is 0 Å². The zero-order valence-electron chi connectivity index (χ0n) is 9.01. The highest BCUT2D eigenvalue weighted by atomic mass is 15.3. The van der Waals surface area contributed by atoms with Gasteiger partial charge in [-0.15, -0.1) is 0 Å². The smallest absolute Gasteiger partial charge is 0.163 e. The summed E-state index contributed by atoms with van der Waals surface area (Å²) in [5.74, 6) is 6.58. The Morgan fingerprint density at radius 1 is 1.18 bits per heavy atom. The zero-order valence-corrected chi connectivity index (χ0v) is 9.01. The minimum Gasteiger partial charge on any atom is -0.360 e. The van der Waals surface area contributed by atoms with E-state index >= 15 is 0 Å². The highest BCUT2D eigenvalue weighted by Crippen LogP contribution is 2.25. The van der Waals surface area contributed by atoms with Crippen LogP contribution in [0.5, 0.6) is 0 Å². The molecule has 0 radical (unpaired) electrons. The van der Waals surface area contributed by atoms with Crippen molar-refractivity contribution in [1.29, 1.82) is 0 Å². The third kappa shape index (κ3) is 1.62. The fourth-order valence-corrected chi connectivity index (χ4v) is 1.83. The molecule has 0 atom stereocenters. The number of rotatable bonds is 2. The number of benzene rings is 1. The Labute approximate surface area is 97.7 Å². The van der Waals surface area contributed by atoms with Crippen LogP contribution in [0.3, 0.4) is 0 Å². The maximum absolute atomic E-state index is 5.34. The van der Waals surface area contributed by atoms with E-state index in [1.54, 1.807) is 12.3 Å². The van der Waals surface area contributed by atoms with E-state index in [0.717, 1.165) is 16.5 Å². The number of nitrogens with one attached hydrogen (secondary N) is 2. The van der Waals surface area contributed by atoms with E-state index in [1.807, 2.05) is 30.5 Å². The number of nitrogens with zero attached hydrogens (tertiary/aromatic N) is 2. The molecule has 2 aromatic heterocycles. The lowest BCUT2D eigenvalue weighted by Crippen LogP contribution is -2.08. The largest absolute Gasteiger partial charge is 0.360 e. The van der Waals surface area contributed by atoms with E-state index in [0.29, 0.717) is 11.6 Å². The first kappa shape index (κ1) is 9.80. The van der Waals surface area contributed by atoms with Crippen molar-refractivity contribution in [3.63, 3.8) is 0 Å². The molecule has 0 saturated carbocycles. The average molecular weight is 225 g/mol. The van der Waals surface area contributed by atoms with Gasteiger partial charge < -0.3 is 10.4 Å². The molecule has 84 valence electrons. The van der Waals surface area contributed by atoms with Gasteiger partial charge in [0.2, 0.25) is 0 Å². The molecule has 3 aromatic rings. The number of hydrogen-bond acceptors (Lipinski definition) is 4. The monoisotopic (exact) mass is 225 g/mol. The van der Waals surface area contributed by atoms with E-state index in [-0.39, 0.29) is 0 Å². The van der Waals surface area contributed by atoms with Gasteiger partial charge in [0.25, 0.3) is 0 Å². The van der Waals surface area contributed by atoms with Crippen LogP contribution in [-0.4, -0.2) is 15.0 Å². The van der Waals surface area contributed by atoms with E-state index < -0.39 is 0 Å². The summed E-state index contributed by atoms with van der Waals surface area (Å²) in [5, 5.41) is 1.10. The first-order valence-corrected chi connectivity index (χ1v) is 5.24. The minimum absolute atomic E-state index is 0.597. The molecule has 3 rings (SSSR count). The Balaban J connectivity index is 2.20.